The van der Waals surface area contributed by atoms with Crippen LogP contribution in [0.25, 0.3) is 0 Å². The molecule has 0 radical (unpaired) electrons. The van der Waals surface area contributed by atoms with E-state index in [0.717, 1.165) is 17.8 Å². The monoisotopic (exact) mass is 393 g/mol. The molecule has 10 heteroatoms. The van der Waals surface area contributed by atoms with Crippen LogP contribution in [0.1, 0.15) is 21.7 Å². The third-order valence-corrected chi connectivity index (χ3v) is 3.90. The average molecular weight is 393 g/mol. The van der Waals surface area contributed by atoms with Crippen molar-refractivity contribution in [3.63, 3.8) is 0 Å². The van der Waals surface area contributed by atoms with Crippen molar-refractivity contribution in [2.75, 3.05) is 7.05 Å². The summed E-state index contributed by atoms with van der Waals surface area (Å²) in [5, 5.41) is 8.33. The van der Waals surface area contributed by atoms with E-state index in [9.17, 15) is 18.0 Å². The van der Waals surface area contributed by atoms with E-state index >= 15 is 0 Å². The molecule has 0 aliphatic heterocycles. The Morgan fingerprint density at radius 3 is 2.64 bits per heavy atom. The quantitative estimate of drug-likeness (QED) is 0.646. The van der Waals surface area contributed by atoms with Gasteiger partial charge in [-0.2, -0.15) is 23.4 Å². The Hall–Kier alpha value is -3.30. The van der Waals surface area contributed by atoms with Crippen molar-refractivity contribution in [3.05, 3.63) is 65.7 Å². The number of aromatic nitrogens is 4. The molecule has 1 aromatic carbocycles. The molecule has 0 spiro atoms. The molecular weight excluding hydrogens is 375 g/mol. The summed E-state index contributed by atoms with van der Waals surface area (Å²) in [5.41, 5.74) is 0.147. The van der Waals surface area contributed by atoms with Crippen LogP contribution in [0.5, 0.6) is 5.75 Å². The lowest BCUT2D eigenvalue weighted by Crippen LogP contribution is -2.27. The summed E-state index contributed by atoms with van der Waals surface area (Å²) in [6.07, 6.45) is -1.13. The number of hydrogen-bond donors (Lipinski definition) is 0. The molecule has 0 saturated heterocycles. The Labute approximate surface area is 158 Å². The van der Waals surface area contributed by atoms with Gasteiger partial charge in [0.05, 0.1) is 17.8 Å². The van der Waals surface area contributed by atoms with Gasteiger partial charge in [0, 0.05) is 26.5 Å². The van der Waals surface area contributed by atoms with Gasteiger partial charge in [-0.3, -0.25) is 9.48 Å². The summed E-state index contributed by atoms with van der Waals surface area (Å²) in [6, 6.07) is 7.90. The average Bonchev–Trinajstić information content (AvgIpc) is 3.28. The second kappa shape index (κ2) is 7.75. The molecule has 0 aliphatic rings. The van der Waals surface area contributed by atoms with Gasteiger partial charge in [0.15, 0.2) is 12.4 Å². The number of halogens is 3. The SMILES string of the molecule is CN(Cc1ccn(C)n1)C(=O)c1ccn(COc2cccc(C(F)(F)F)c2)n1. The number of alkyl halides is 3. The molecule has 0 N–H and O–H groups in total. The standard InChI is InChI=1S/C18H18F3N5O2/c1-24(11-14-6-8-25(2)22-14)17(27)16-7-9-26(23-16)12-28-15-5-3-4-13(10-15)18(19,20)21/h3-10H,11-12H2,1-2H3. The molecule has 0 atom stereocenters. The van der Waals surface area contributed by atoms with Crippen LogP contribution < -0.4 is 4.74 Å². The van der Waals surface area contributed by atoms with Crippen LogP contribution in [0.15, 0.2) is 48.8 Å². The predicted octanol–water partition coefficient (Wildman–Crippen LogP) is 2.94. The first-order valence-corrected chi connectivity index (χ1v) is 8.30. The predicted molar refractivity (Wildman–Crippen MR) is 93.3 cm³/mol. The fourth-order valence-electron chi connectivity index (χ4n) is 2.51. The zero-order valence-electron chi connectivity index (χ0n) is 15.2. The topological polar surface area (TPSA) is 65.2 Å². The molecule has 3 aromatic rings. The molecule has 0 unspecified atom stereocenters. The molecule has 148 valence electrons. The number of amides is 1. The summed E-state index contributed by atoms with van der Waals surface area (Å²) < 4.78 is 46.5. The fourth-order valence-corrected chi connectivity index (χ4v) is 2.51. The third kappa shape index (κ3) is 4.70. The zero-order chi connectivity index (χ0) is 20.3. The number of ether oxygens (including phenoxy) is 1. The first-order valence-electron chi connectivity index (χ1n) is 8.30. The Morgan fingerprint density at radius 2 is 1.96 bits per heavy atom. The van der Waals surface area contributed by atoms with Crippen molar-refractivity contribution in [2.45, 2.75) is 19.5 Å². The molecule has 1 amide bonds. The minimum Gasteiger partial charge on any atom is -0.471 e. The van der Waals surface area contributed by atoms with E-state index in [1.165, 1.54) is 34.0 Å². The highest BCUT2D eigenvalue weighted by atomic mass is 19.4. The van der Waals surface area contributed by atoms with Crippen molar-refractivity contribution in [2.24, 2.45) is 7.05 Å². The molecule has 0 saturated carbocycles. The van der Waals surface area contributed by atoms with Crippen LogP contribution >= 0.6 is 0 Å². The van der Waals surface area contributed by atoms with E-state index in [0.29, 0.717) is 6.54 Å². The van der Waals surface area contributed by atoms with Crippen LogP contribution in [-0.4, -0.2) is 37.4 Å². The Bertz CT molecular complexity index is 964. The summed E-state index contributed by atoms with van der Waals surface area (Å²) in [7, 11) is 3.42. The number of rotatable bonds is 6. The normalized spacial score (nSPS) is 11.5. The molecule has 0 fully saturated rings. The van der Waals surface area contributed by atoms with E-state index in [1.54, 1.807) is 25.0 Å². The van der Waals surface area contributed by atoms with Crippen molar-refractivity contribution in [1.82, 2.24) is 24.5 Å². The second-order valence-corrected chi connectivity index (χ2v) is 6.18. The molecule has 0 bridgehead atoms. The van der Waals surface area contributed by atoms with E-state index in [-0.39, 0.29) is 24.1 Å². The lowest BCUT2D eigenvalue weighted by atomic mass is 10.2. The van der Waals surface area contributed by atoms with Crippen molar-refractivity contribution in [1.29, 1.82) is 0 Å². The number of aryl methyl sites for hydroxylation is 1. The summed E-state index contributed by atoms with van der Waals surface area (Å²) >= 11 is 0. The molecule has 28 heavy (non-hydrogen) atoms. The van der Waals surface area contributed by atoms with Crippen LogP contribution in [-0.2, 0) is 26.5 Å². The molecule has 2 aromatic heterocycles. The van der Waals surface area contributed by atoms with Crippen LogP contribution in [0.4, 0.5) is 13.2 Å². The molecular formula is C18H18F3N5O2. The smallest absolute Gasteiger partial charge is 0.416 e. The van der Waals surface area contributed by atoms with E-state index < -0.39 is 11.7 Å². The third-order valence-electron chi connectivity index (χ3n) is 3.90. The zero-order valence-corrected chi connectivity index (χ0v) is 15.2. The van der Waals surface area contributed by atoms with Gasteiger partial charge in [0.2, 0.25) is 0 Å². The first kappa shape index (κ1) is 19.5. The second-order valence-electron chi connectivity index (χ2n) is 6.18. The van der Waals surface area contributed by atoms with Gasteiger partial charge >= 0.3 is 6.18 Å². The largest absolute Gasteiger partial charge is 0.471 e. The maximum absolute atomic E-state index is 12.7. The highest BCUT2D eigenvalue weighted by Gasteiger charge is 2.30. The minimum absolute atomic E-state index is 0.0606. The number of nitrogens with zero attached hydrogens (tertiary/aromatic N) is 5. The van der Waals surface area contributed by atoms with E-state index in [1.807, 2.05) is 6.07 Å². The Kier molecular flexibility index (Phi) is 5.39. The van der Waals surface area contributed by atoms with Crippen LogP contribution in [0.2, 0.25) is 0 Å². The fraction of sp³-hybridized carbons (Fsp3) is 0.278. The lowest BCUT2D eigenvalue weighted by molar-refractivity contribution is -0.137. The van der Waals surface area contributed by atoms with Crippen LogP contribution in [0, 0.1) is 0 Å². The van der Waals surface area contributed by atoms with Gasteiger partial charge in [-0.1, -0.05) is 6.07 Å². The molecule has 3 rings (SSSR count). The van der Waals surface area contributed by atoms with E-state index in [4.69, 9.17) is 4.74 Å². The lowest BCUT2D eigenvalue weighted by Gasteiger charge is -2.14. The summed E-state index contributed by atoms with van der Waals surface area (Å²) in [4.78, 5) is 13.9. The highest BCUT2D eigenvalue weighted by Crippen LogP contribution is 2.31. The summed E-state index contributed by atoms with van der Waals surface area (Å²) in [5.74, 6) is -0.242. The van der Waals surface area contributed by atoms with Gasteiger partial charge in [-0.25, -0.2) is 4.68 Å². The van der Waals surface area contributed by atoms with Crippen molar-refractivity contribution >= 4 is 5.91 Å². The Morgan fingerprint density at radius 1 is 1.18 bits per heavy atom. The number of benzene rings is 1. The molecule has 7 nitrogen and oxygen atoms in total. The van der Waals surface area contributed by atoms with Crippen LogP contribution in [0.3, 0.4) is 0 Å². The summed E-state index contributed by atoms with van der Waals surface area (Å²) in [6.45, 7) is 0.200. The van der Waals surface area contributed by atoms with Gasteiger partial charge in [-0.15, -0.1) is 0 Å². The number of carbonyl (C=O) groups is 1. The van der Waals surface area contributed by atoms with Gasteiger partial charge < -0.3 is 9.64 Å². The number of carbonyl (C=O) groups excluding carboxylic acids is 1. The van der Waals surface area contributed by atoms with E-state index in [2.05, 4.69) is 10.2 Å². The molecule has 2 heterocycles. The van der Waals surface area contributed by atoms with Gasteiger partial charge in [0.25, 0.3) is 5.91 Å². The Balaban J connectivity index is 1.60. The maximum Gasteiger partial charge on any atom is 0.416 e. The first-order chi connectivity index (χ1) is 13.2. The maximum atomic E-state index is 12.7. The van der Waals surface area contributed by atoms with Crippen molar-refractivity contribution < 1.29 is 22.7 Å². The highest BCUT2D eigenvalue weighted by molar-refractivity contribution is 5.91. The van der Waals surface area contributed by atoms with Crippen molar-refractivity contribution in [3.8, 4) is 5.75 Å². The molecule has 0 aliphatic carbocycles. The van der Waals surface area contributed by atoms with Gasteiger partial charge in [-0.05, 0) is 30.3 Å². The minimum atomic E-state index is -4.44. The number of hydrogen-bond acceptors (Lipinski definition) is 4. The van der Waals surface area contributed by atoms with Gasteiger partial charge in [0.1, 0.15) is 5.75 Å².